The summed E-state index contributed by atoms with van der Waals surface area (Å²) < 4.78 is 8.47. The van der Waals surface area contributed by atoms with Gasteiger partial charge in [0, 0.05) is 16.0 Å². The number of carboxylic acids is 1. The number of nitrogens with zero attached hydrogens (tertiary/aromatic N) is 1. The number of aliphatic carboxylic acids is 1. The molecule has 3 rings (SSSR count). The highest BCUT2D eigenvalue weighted by molar-refractivity contribution is 9.11. The lowest BCUT2D eigenvalue weighted by atomic mass is 10.1. The minimum atomic E-state index is -0.857. The van der Waals surface area contributed by atoms with E-state index in [9.17, 15) is 9.90 Å². The first-order valence-electron chi connectivity index (χ1n) is 7.22. The Morgan fingerprint density at radius 1 is 1.42 bits per heavy atom. The number of ether oxygens (including phenoxy) is 1. The van der Waals surface area contributed by atoms with Crippen molar-refractivity contribution in [1.29, 1.82) is 0 Å². The van der Waals surface area contributed by atoms with Crippen molar-refractivity contribution in [2.24, 2.45) is 0 Å². The average molecular weight is 429 g/mol. The zero-order valence-electron chi connectivity index (χ0n) is 13.1. The normalized spacial score (nSPS) is 11.2. The summed E-state index contributed by atoms with van der Waals surface area (Å²) >= 11 is 11.4. The molecule has 0 amide bonds. The maximum absolute atomic E-state index is 11.3. The Hall–Kier alpha value is -1.50. The number of hydrogen-bond donors (Lipinski definition) is 1. The second-order valence-corrected chi connectivity index (χ2v) is 8.39. The molecule has 0 unspecified atom stereocenters. The van der Waals surface area contributed by atoms with Crippen molar-refractivity contribution in [3.05, 3.63) is 49.2 Å². The predicted octanol–water partition coefficient (Wildman–Crippen LogP) is 5.11. The molecule has 0 spiro atoms. The highest BCUT2D eigenvalue weighted by atomic mass is 79.9. The zero-order chi connectivity index (χ0) is 17.4. The van der Waals surface area contributed by atoms with Crippen molar-refractivity contribution in [1.82, 2.24) is 4.57 Å². The van der Waals surface area contributed by atoms with Gasteiger partial charge in [0.05, 0.1) is 34.4 Å². The molecule has 126 valence electrons. The van der Waals surface area contributed by atoms with Crippen LogP contribution in [0.3, 0.4) is 0 Å². The molecule has 2 heterocycles. The molecule has 1 aromatic carbocycles. The monoisotopic (exact) mass is 427 g/mol. The van der Waals surface area contributed by atoms with Crippen LogP contribution in [0.4, 0.5) is 0 Å². The molecule has 0 atom stereocenters. The number of rotatable bonds is 5. The van der Waals surface area contributed by atoms with E-state index in [0.717, 1.165) is 25.9 Å². The summed E-state index contributed by atoms with van der Waals surface area (Å²) in [6.07, 6.45) is -0.0335. The first kappa shape index (κ1) is 17.3. The lowest BCUT2D eigenvalue weighted by Crippen LogP contribution is -2.04. The fourth-order valence-corrected chi connectivity index (χ4v) is 4.58. The van der Waals surface area contributed by atoms with Gasteiger partial charge in [-0.15, -0.1) is 11.3 Å². The smallest absolute Gasteiger partial charge is 0.307 e. The molecule has 24 heavy (non-hydrogen) atoms. The molecule has 2 aromatic heterocycles. The third kappa shape index (κ3) is 3.18. The van der Waals surface area contributed by atoms with Crippen molar-refractivity contribution in [3.63, 3.8) is 0 Å². The average Bonchev–Trinajstić information content (AvgIpc) is 3.03. The van der Waals surface area contributed by atoms with Crippen LogP contribution < -0.4 is 4.74 Å². The Labute approximate surface area is 156 Å². The van der Waals surface area contributed by atoms with Crippen molar-refractivity contribution in [2.75, 3.05) is 7.11 Å². The van der Waals surface area contributed by atoms with Crippen LogP contribution in [-0.2, 0) is 17.8 Å². The second kappa shape index (κ2) is 6.78. The van der Waals surface area contributed by atoms with E-state index in [2.05, 4.69) is 26.6 Å². The van der Waals surface area contributed by atoms with E-state index in [1.54, 1.807) is 18.4 Å². The van der Waals surface area contributed by atoms with Crippen molar-refractivity contribution < 1.29 is 14.6 Å². The fraction of sp³-hybridized carbons (Fsp3) is 0.235. The van der Waals surface area contributed by atoms with Crippen LogP contribution in [0.5, 0.6) is 5.75 Å². The van der Waals surface area contributed by atoms with Gasteiger partial charge < -0.3 is 14.4 Å². The van der Waals surface area contributed by atoms with E-state index in [1.165, 1.54) is 4.88 Å². The van der Waals surface area contributed by atoms with E-state index < -0.39 is 5.97 Å². The SMILES string of the molecule is COc1cc2c(CC(=O)O)c(C)n(Cc3ccc(Br)s3)c2cc1Cl. The molecule has 0 aliphatic rings. The lowest BCUT2D eigenvalue weighted by Gasteiger charge is -2.08. The van der Waals surface area contributed by atoms with Crippen LogP contribution in [0, 0.1) is 6.92 Å². The summed E-state index contributed by atoms with van der Waals surface area (Å²) in [5.74, 6) is -0.309. The van der Waals surface area contributed by atoms with Gasteiger partial charge in [-0.05, 0) is 52.7 Å². The van der Waals surface area contributed by atoms with E-state index in [0.29, 0.717) is 17.3 Å². The number of fused-ring (bicyclic) bond motifs is 1. The van der Waals surface area contributed by atoms with Gasteiger partial charge in [0.2, 0.25) is 0 Å². The van der Waals surface area contributed by atoms with Crippen LogP contribution in [0.25, 0.3) is 10.9 Å². The second-order valence-electron chi connectivity index (χ2n) is 5.43. The first-order valence-corrected chi connectivity index (χ1v) is 9.20. The molecule has 0 aliphatic carbocycles. The summed E-state index contributed by atoms with van der Waals surface area (Å²) in [6, 6.07) is 7.73. The number of benzene rings is 1. The summed E-state index contributed by atoms with van der Waals surface area (Å²) in [5, 5.41) is 10.6. The Morgan fingerprint density at radius 3 is 2.75 bits per heavy atom. The van der Waals surface area contributed by atoms with Crippen LogP contribution >= 0.6 is 38.9 Å². The van der Waals surface area contributed by atoms with Gasteiger partial charge in [0.25, 0.3) is 0 Å². The van der Waals surface area contributed by atoms with Gasteiger partial charge in [0.15, 0.2) is 0 Å². The van der Waals surface area contributed by atoms with Crippen molar-refractivity contribution >= 4 is 55.7 Å². The Morgan fingerprint density at radius 2 is 2.17 bits per heavy atom. The first-order chi connectivity index (χ1) is 11.4. The summed E-state index contributed by atoms with van der Waals surface area (Å²) in [6.45, 7) is 2.61. The van der Waals surface area contributed by atoms with Crippen LogP contribution in [-0.4, -0.2) is 22.8 Å². The Balaban J connectivity index is 2.21. The number of carboxylic acid groups (broad SMARTS) is 1. The topological polar surface area (TPSA) is 51.5 Å². The summed E-state index contributed by atoms with van der Waals surface area (Å²) in [5.41, 5.74) is 2.64. The standard InChI is InChI=1S/C17H15BrClNO3S/c1-9-11(6-17(21)22)12-5-15(23-2)13(19)7-14(12)20(9)8-10-3-4-16(18)24-10/h3-5,7H,6,8H2,1-2H3,(H,21,22). The molecule has 0 aliphatic heterocycles. The predicted molar refractivity (Wildman–Crippen MR) is 101 cm³/mol. The number of thiophene rings is 1. The highest BCUT2D eigenvalue weighted by Gasteiger charge is 2.19. The molecule has 1 N–H and O–H groups in total. The third-order valence-electron chi connectivity index (χ3n) is 4.00. The highest BCUT2D eigenvalue weighted by Crippen LogP contribution is 2.36. The van der Waals surface area contributed by atoms with E-state index >= 15 is 0 Å². The number of hydrogen-bond acceptors (Lipinski definition) is 3. The molecule has 0 bridgehead atoms. The quantitative estimate of drug-likeness (QED) is 0.614. The molecule has 0 saturated heterocycles. The van der Waals surface area contributed by atoms with Gasteiger partial charge in [-0.3, -0.25) is 4.79 Å². The molecule has 7 heteroatoms. The van der Waals surface area contributed by atoms with Gasteiger partial charge >= 0.3 is 5.97 Å². The van der Waals surface area contributed by atoms with Crippen LogP contribution in [0.15, 0.2) is 28.1 Å². The van der Waals surface area contributed by atoms with Crippen molar-refractivity contribution in [3.8, 4) is 5.75 Å². The largest absolute Gasteiger partial charge is 0.495 e. The molecular formula is C17H15BrClNO3S. The lowest BCUT2D eigenvalue weighted by molar-refractivity contribution is -0.136. The zero-order valence-corrected chi connectivity index (χ0v) is 16.3. The van der Waals surface area contributed by atoms with Crippen LogP contribution in [0.1, 0.15) is 16.1 Å². The van der Waals surface area contributed by atoms with Gasteiger partial charge in [-0.1, -0.05) is 11.6 Å². The molecular weight excluding hydrogens is 414 g/mol. The number of carbonyl (C=O) groups is 1. The van der Waals surface area contributed by atoms with E-state index in [-0.39, 0.29) is 6.42 Å². The Bertz CT molecular complexity index is 932. The maximum Gasteiger partial charge on any atom is 0.307 e. The van der Waals surface area contributed by atoms with E-state index in [1.807, 2.05) is 25.1 Å². The minimum absolute atomic E-state index is 0.0335. The molecule has 3 aromatic rings. The fourth-order valence-electron chi connectivity index (χ4n) is 2.87. The summed E-state index contributed by atoms with van der Waals surface area (Å²) in [4.78, 5) is 12.5. The van der Waals surface area contributed by atoms with E-state index in [4.69, 9.17) is 16.3 Å². The Kier molecular flexibility index (Phi) is 4.90. The number of halogens is 2. The molecule has 0 fully saturated rings. The number of aromatic nitrogens is 1. The van der Waals surface area contributed by atoms with Gasteiger partial charge in [-0.2, -0.15) is 0 Å². The van der Waals surface area contributed by atoms with Crippen LogP contribution in [0.2, 0.25) is 5.02 Å². The molecule has 0 saturated carbocycles. The third-order valence-corrected chi connectivity index (χ3v) is 5.90. The maximum atomic E-state index is 11.3. The van der Waals surface area contributed by atoms with Gasteiger partial charge in [0.1, 0.15) is 5.75 Å². The molecule has 0 radical (unpaired) electrons. The minimum Gasteiger partial charge on any atom is -0.495 e. The summed E-state index contributed by atoms with van der Waals surface area (Å²) in [7, 11) is 1.55. The molecule has 4 nitrogen and oxygen atoms in total. The van der Waals surface area contributed by atoms with Crippen molar-refractivity contribution in [2.45, 2.75) is 19.9 Å². The van der Waals surface area contributed by atoms with Gasteiger partial charge in [-0.25, -0.2) is 0 Å². The number of methoxy groups -OCH3 is 1.